The molecule has 4 nitrogen and oxygen atoms in total. The van der Waals surface area contributed by atoms with Crippen molar-refractivity contribution in [3.05, 3.63) is 95.3 Å². The van der Waals surface area contributed by atoms with E-state index < -0.39 is 0 Å². The van der Waals surface area contributed by atoms with Gasteiger partial charge in [0.25, 0.3) is 0 Å². The third-order valence-electron chi connectivity index (χ3n) is 5.46. The second-order valence-electron chi connectivity index (χ2n) is 7.64. The summed E-state index contributed by atoms with van der Waals surface area (Å²) in [7, 11) is 0. The number of hydrogen-bond donors (Lipinski definition) is 2. The lowest BCUT2D eigenvalue weighted by Crippen LogP contribution is -2.41. The number of halogens is 1. The molecule has 0 amide bonds. The van der Waals surface area contributed by atoms with Gasteiger partial charge in [-0.1, -0.05) is 30.3 Å². The molecule has 0 spiro atoms. The Balaban J connectivity index is 1.44. The van der Waals surface area contributed by atoms with Crippen molar-refractivity contribution >= 4 is 28.2 Å². The van der Waals surface area contributed by atoms with E-state index in [4.69, 9.17) is 16.6 Å². The summed E-state index contributed by atoms with van der Waals surface area (Å²) < 4.78 is 19.4. The fourth-order valence-corrected chi connectivity index (χ4v) is 4.09. The first kappa shape index (κ1) is 21.1. The van der Waals surface area contributed by atoms with Gasteiger partial charge in [-0.3, -0.25) is 0 Å². The molecule has 0 aliphatic carbocycles. The number of fused-ring (bicyclic) bond motifs is 1. The molecule has 160 valence electrons. The van der Waals surface area contributed by atoms with Crippen molar-refractivity contribution in [2.24, 2.45) is 0 Å². The number of aromatic nitrogens is 1. The fourth-order valence-electron chi connectivity index (χ4n) is 3.84. The summed E-state index contributed by atoms with van der Waals surface area (Å²) in [5.41, 5.74) is 4.40. The minimum Gasteiger partial charge on any atom is -0.467 e. The lowest BCUT2D eigenvalue weighted by Gasteiger charge is -2.25. The van der Waals surface area contributed by atoms with Crippen molar-refractivity contribution in [2.75, 3.05) is 13.1 Å². The van der Waals surface area contributed by atoms with Crippen molar-refractivity contribution in [1.29, 1.82) is 0 Å². The topological polar surface area (TPSA) is 44.2 Å². The number of benzene rings is 2. The highest BCUT2D eigenvalue weighted by molar-refractivity contribution is 7.80. The molecule has 0 atom stereocenters. The number of rotatable bonds is 8. The molecule has 0 fully saturated rings. The van der Waals surface area contributed by atoms with Crippen LogP contribution in [-0.2, 0) is 19.4 Å². The highest BCUT2D eigenvalue weighted by Crippen LogP contribution is 2.24. The van der Waals surface area contributed by atoms with Crippen LogP contribution in [0.1, 0.15) is 22.6 Å². The summed E-state index contributed by atoms with van der Waals surface area (Å²) >= 11 is 5.71. The summed E-state index contributed by atoms with van der Waals surface area (Å²) in [4.78, 5) is 5.46. The van der Waals surface area contributed by atoms with Crippen LogP contribution in [0.5, 0.6) is 0 Å². The van der Waals surface area contributed by atoms with Gasteiger partial charge >= 0.3 is 0 Å². The van der Waals surface area contributed by atoms with Gasteiger partial charge in [0.2, 0.25) is 0 Å². The maximum absolute atomic E-state index is 13.8. The van der Waals surface area contributed by atoms with E-state index in [1.54, 1.807) is 18.4 Å². The fraction of sp³-hybridized carbons (Fsp3) is 0.240. The van der Waals surface area contributed by atoms with Crippen LogP contribution in [0.4, 0.5) is 4.39 Å². The molecule has 4 rings (SSSR count). The first-order chi connectivity index (χ1) is 15.1. The Hall–Kier alpha value is -3.12. The Kier molecular flexibility index (Phi) is 6.67. The van der Waals surface area contributed by atoms with Crippen molar-refractivity contribution in [1.82, 2.24) is 15.2 Å². The first-order valence-corrected chi connectivity index (χ1v) is 10.9. The van der Waals surface area contributed by atoms with Gasteiger partial charge < -0.3 is 19.6 Å². The number of furan rings is 1. The van der Waals surface area contributed by atoms with Crippen LogP contribution in [0.25, 0.3) is 10.9 Å². The maximum Gasteiger partial charge on any atom is 0.169 e. The molecule has 0 saturated carbocycles. The first-order valence-electron chi connectivity index (χ1n) is 10.5. The molecule has 0 bridgehead atoms. The highest BCUT2D eigenvalue weighted by Gasteiger charge is 2.15. The molecule has 2 N–H and O–H groups in total. The normalized spacial score (nSPS) is 11.0. The minimum absolute atomic E-state index is 0.224. The number of aromatic amines is 1. The zero-order valence-corrected chi connectivity index (χ0v) is 18.3. The van der Waals surface area contributed by atoms with Crippen molar-refractivity contribution in [3.63, 3.8) is 0 Å². The van der Waals surface area contributed by atoms with Gasteiger partial charge in [0.15, 0.2) is 5.11 Å². The summed E-state index contributed by atoms with van der Waals surface area (Å²) in [6, 6.07) is 19.0. The van der Waals surface area contributed by atoms with Crippen molar-refractivity contribution in [3.8, 4) is 0 Å². The van der Waals surface area contributed by atoms with E-state index in [0.29, 0.717) is 18.2 Å². The molecule has 4 aromatic rings. The van der Waals surface area contributed by atoms with Crippen molar-refractivity contribution in [2.45, 2.75) is 26.3 Å². The molecule has 0 saturated heterocycles. The molecular weight excluding hydrogens is 409 g/mol. The Bertz CT molecular complexity index is 1140. The quantitative estimate of drug-likeness (QED) is 0.365. The van der Waals surface area contributed by atoms with E-state index in [9.17, 15) is 4.39 Å². The van der Waals surface area contributed by atoms with Crippen LogP contribution in [-0.4, -0.2) is 28.1 Å². The summed E-state index contributed by atoms with van der Waals surface area (Å²) in [6.07, 6.45) is 3.32. The Morgan fingerprint density at radius 3 is 2.71 bits per heavy atom. The predicted octanol–water partition coefficient (Wildman–Crippen LogP) is 5.37. The molecular formula is C25H26FN3OS. The van der Waals surface area contributed by atoms with Gasteiger partial charge in [0.05, 0.1) is 12.8 Å². The summed E-state index contributed by atoms with van der Waals surface area (Å²) in [6.45, 7) is 4.07. The maximum atomic E-state index is 13.8. The Morgan fingerprint density at radius 2 is 1.94 bits per heavy atom. The lowest BCUT2D eigenvalue weighted by atomic mass is 10.1. The van der Waals surface area contributed by atoms with E-state index >= 15 is 0 Å². The highest BCUT2D eigenvalue weighted by atomic mass is 32.1. The third kappa shape index (κ3) is 5.33. The van der Waals surface area contributed by atoms with Gasteiger partial charge in [0.1, 0.15) is 11.6 Å². The van der Waals surface area contributed by atoms with Crippen LogP contribution in [0, 0.1) is 12.7 Å². The standard InChI is InChI=1S/C25H26FN3OS/c1-18-22(23-16-20(26)9-10-24(23)28-18)12-14-29(17-21-8-5-15-30-21)25(31)27-13-11-19-6-3-2-4-7-19/h2-10,15-16,28H,11-14,17H2,1H3,(H,27,31). The number of thiocarbonyl (C=S) groups is 1. The zero-order valence-electron chi connectivity index (χ0n) is 17.5. The van der Waals surface area contributed by atoms with Gasteiger partial charge in [0, 0.05) is 29.7 Å². The molecule has 6 heteroatoms. The molecule has 2 aromatic carbocycles. The average molecular weight is 436 g/mol. The molecule has 0 radical (unpaired) electrons. The van der Waals surface area contributed by atoms with E-state index in [-0.39, 0.29) is 5.82 Å². The summed E-state index contributed by atoms with van der Waals surface area (Å²) in [5, 5.41) is 5.00. The Labute approximate surface area is 187 Å². The van der Waals surface area contributed by atoms with Gasteiger partial charge in [-0.15, -0.1) is 0 Å². The van der Waals surface area contributed by atoms with Gasteiger partial charge in [-0.05, 0) is 73.4 Å². The van der Waals surface area contributed by atoms with E-state index in [1.165, 1.54) is 11.6 Å². The van der Waals surface area contributed by atoms with Crippen LogP contribution < -0.4 is 5.32 Å². The second-order valence-corrected chi connectivity index (χ2v) is 8.02. The second kappa shape index (κ2) is 9.79. The minimum atomic E-state index is -0.224. The van der Waals surface area contributed by atoms with E-state index in [2.05, 4.69) is 27.3 Å². The van der Waals surface area contributed by atoms with Crippen LogP contribution in [0.2, 0.25) is 0 Å². The largest absolute Gasteiger partial charge is 0.467 e. The number of nitrogens with one attached hydrogen (secondary N) is 2. The zero-order chi connectivity index (χ0) is 21.6. The molecule has 0 aliphatic rings. The third-order valence-corrected chi connectivity index (χ3v) is 5.86. The molecule has 31 heavy (non-hydrogen) atoms. The van der Waals surface area contributed by atoms with Gasteiger partial charge in [-0.25, -0.2) is 4.39 Å². The monoisotopic (exact) mass is 435 g/mol. The molecule has 2 heterocycles. The number of H-pyrrole nitrogens is 1. The number of hydrogen-bond acceptors (Lipinski definition) is 2. The van der Waals surface area contributed by atoms with E-state index in [1.807, 2.05) is 37.3 Å². The summed E-state index contributed by atoms with van der Waals surface area (Å²) in [5.74, 6) is 0.632. The van der Waals surface area contributed by atoms with Gasteiger partial charge in [-0.2, -0.15) is 0 Å². The SMILES string of the molecule is Cc1[nH]c2ccc(F)cc2c1CCN(Cc1ccco1)C(=S)NCCc1ccccc1. The number of nitrogens with zero attached hydrogens (tertiary/aromatic N) is 1. The molecule has 2 aromatic heterocycles. The van der Waals surface area contributed by atoms with Crippen LogP contribution >= 0.6 is 12.2 Å². The number of aryl methyl sites for hydroxylation is 1. The Morgan fingerprint density at radius 1 is 1.10 bits per heavy atom. The molecule has 0 unspecified atom stereocenters. The lowest BCUT2D eigenvalue weighted by molar-refractivity contribution is 0.360. The van der Waals surface area contributed by atoms with Crippen LogP contribution in [0.3, 0.4) is 0 Å². The smallest absolute Gasteiger partial charge is 0.169 e. The van der Waals surface area contributed by atoms with Crippen molar-refractivity contribution < 1.29 is 8.81 Å². The predicted molar refractivity (Wildman–Crippen MR) is 127 cm³/mol. The van der Waals surface area contributed by atoms with E-state index in [0.717, 1.165) is 47.3 Å². The average Bonchev–Trinajstić information content (AvgIpc) is 3.39. The van der Waals surface area contributed by atoms with Crippen LogP contribution in [0.15, 0.2) is 71.3 Å². The molecule has 0 aliphatic heterocycles.